The number of carbonyl (C=O) groups is 3. The highest BCUT2D eigenvalue weighted by Crippen LogP contribution is 2.46. The van der Waals surface area contributed by atoms with E-state index in [1.165, 1.54) is 20.3 Å². The second kappa shape index (κ2) is 10.9. The van der Waals surface area contributed by atoms with E-state index in [9.17, 15) is 19.5 Å². The topological polar surface area (TPSA) is 120 Å². The maximum atomic E-state index is 13.7. The van der Waals surface area contributed by atoms with Crippen molar-refractivity contribution in [1.29, 1.82) is 0 Å². The predicted molar refractivity (Wildman–Crippen MR) is 127 cm³/mol. The third-order valence-corrected chi connectivity index (χ3v) is 6.27. The summed E-state index contributed by atoms with van der Waals surface area (Å²) in [6.07, 6.45) is 0.419. The van der Waals surface area contributed by atoms with Crippen LogP contribution >= 0.6 is 0 Å². The normalized spacial score (nSPS) is 22.0. The van der Waals surface area contributed by atoms with Crippen molar-refractivity contribution in [3.8, 4) is 11.5 Å². The van der Waals surface area contributed by atoms with Crippen molar-refractivity contribution in [2.75, 3.05) is 27.4 Å². The van der Waals surface area contributed by atoms with Gasteiger partial charge in [0.1, 0.15) is 12.5 Å². The van der Waals surface area contributed by atoms with Gasteiger partial charge in [0.05, 0.1) is 32.5 Å². The van der Waals surface area contributed by atoms with E-state index < -0.39 is 29.6 Å². The van der Waals surface area contributed by atoms with Gasteiger partial charge in [0, 0.05) is 22.9 Å². The number of dihydropyridines is 1. The van der Waals surface area contributed by atoms with E-state index >= 15 is 0 Å². The van der Waals surface area contributed by atoms with Gasteiger partial charge in [-0.1, -0.05) is 13.0 Å². The van der Waals surface area contributed by atoms with Gasteiger partial charge >= 0.3 is 11.9 Å². The molecule has 9 nitrogen and oxygen atoms in total. The highest BCUT2D eigenvalue weighted by atomic mass is 16.6. The second-order valence-electron chi connectivity index (χ2n) is 9.02. The molecule has 0 fully saturated rings. The van der Waals surface area contributed by atoms with E-state index in [2.05, 4.69) is 5.32 Å². The average Bonchev–Trinajstić information content (AvgIpc) is 2.80. The molecule has 0 aromatic heterocycles. The fourth-order valence-corrected chi connectivity index (χ4v) is 4.65. The Labute approximate surface area is 205 Å². The standard InChI is InChI=1S/C26H33NO8/c1-13(2)34-9-10-35-26(31)21-15(4)27-17-11-14(3)20(25(30)33-6)24(29)23(17)22(21)16-7-8-18(28)19(12-16)32-5/h7-8,12-14,20,22,27-28H,9-11H2,1-6H3/t14-,20+,22-/m0/s1. The number of aromatic hydroxyl groups is 1. The molecular formula is C26H33NO8. The first-order valence-electron chi connectivity index (χ1n) is 11.6. The zero-order valence-electron chi connectivity index (χ0n) is 21.0. The molecule has 0 unspecified atom stereocenters. The summed E-state index contributed by atoms with van der Waals surface area (Å²) >= 11 is 0. The summed E-state index contributed by atoms with van der Waals surface area (Å²) in [5.41, 5.74) is 2.30. The lowest BCUT2D eigenvalue weighted by atomic mass is 9.69. The Morgan fingerprint density at radius 1 is 1.20 bits per heavy atom. The summed E-state index contributed by atoms with van der Waals surface area (Å²) in [7, 11) is 2.66. The molecule has 0 radical (unpaired) electrons. The third kappa shape index (κ3) is 5.35. The molecule has 3 atom stereocenters. The molecule has 2 N–H and O–H groups in total. The van der Waals surface area contributed by atoms with Crippen molar-refractivity contribution < 1.29 is 38.4 Å². The molecule has 0 bridgehead atoms. The van der Waals surface area contributed by atoms with Crippen LogP contribution in [0.15, 0.2) is 40.7 Å². The van der Waals surface area contributed by atoms with Gasteiger partial charge in [-0.15, -0.1) is 0 Å². The summed E-state index contributed by atoms with van der Waals surface area (Å²) in [5.74, 6) is -3.61. The first-order valence-corrected chi connectivity index (χ1v) is 11.6. The lowest BCUT2D eigenvalue weighted by Crippen LogP contribution is -2.43. The monoisotopic (exact) mass is 487 g/mol. The predicted octanol–water partition coefficient (Wildman–Crippen LogP) is 2.98. The minimum atomic E-state index is -0.989. The largest absolute Gasteiger partial charge is 0.504 e. The zero-order valence-corrected chi connectivity index (χ0v) is 21.0. The number of esters is 2. The zero-order chi connectivity index (χ0) is 25.9. The van der Waals surface area contributed by atoms with Crippen molar-refractivity contribution in [1.82, 2.24) is 5.32 Å². The molecule has 2 aliphatic rings. The second-order valence-corrected chi connectivity index (χ2v) is 9.02. The Kier molecular flexibility index (Phi) is 8.22. The van der Waals surface area contributed by atoms with Crippen LogP contribution in [-0.2, 0) is 28.6 Å². The van der Waals surface area contributed by atoms with Gasteiger partial charge in [-0.25, -0.2) is 4.79 Å². The smallest absolute Gasteiger partial charge is 0.336 e. The van der Waals surface area contributed by atoms with Crippen molar-refractivity contribution in [2.45, 2.75) is 46.1 Å². The molecule has 1 aliphatic heterocycles. The third-order valence-electron chi connectivity index (χ3n) is 6.27. The number of rotatable bonds is 8. The van der Waals surface area contributed by atoms with Crippen LogP contribution in [0.3, 0.4) is 0 Å². The Morgan fingerprint density at radius 2 is 1.91 bits per heavy atom. The van der Waals surface area contributed by atoms with Gasteiger partial charge in [-0.2, -0.15) is 0 Å². The highest BCUT2D eigenvalue weighted by molar-refractivity contribution is 6.12. The number of phenols is 1. The first-order chi connectivity index (χ1) is 16.6. The Balaban J connectivity index is 2.09. The minimum Gasteiger partial charge on any atom is -0.504 e. The van der Waals surface area contributed by atoms with Gasteiger partial charge in [0.2, 0.25) is 0 Å². The van der Waals surface area contributed by atoms with Gasteiger partial charge in [0.15, 0.2) is 17.3 Å². The Morgan fingerprint density at radius 3 is 2.54 bits per heavy atom. The van der Waals surface area contributed by atoms with Crippen LogP contribution in [0.1, 0.15) is 45.6 Å². The fourth-order valence-electron chi connectivity index (χ4n) is 4.65. The van der Waals surface area contributed by atoms with Crippen LogP contribution < -0.4 is 10.1 Å². The van der Waals surface area contributed by atoms with E-state index in [0.717, 1.165) is 0 Å². The van der Waals surface area contributed by atoms with E-state index in [4.69, 9.17) is 18.9 Å². The number of carbonyl (C=O) groups excluding carboxylic acids is 3. The molecule has 1 aliphatic carbocycles. The summed E-state index contributed by atoms with van der Waals surface area (Å²) in [6.45, 7) is 7.61. The minimum absolute atomic E-state index is 0.00645. The molecule has 35 heavy (non-hydrogen) atoms. The van der Waals surface area contributed by atoms with Crippen molar-refractivity contribution >= 4 is 17.7 Å². The SMILES string of the molecule is COC(=O)[C@H]1C(=O)C2=C(C[C@@H]1C)NC(C)=C(C(=O)OCCOC(C)C)[C@@H]2c1ccc(O)c(OC)c1. The number of benzene rings is 1. The summed E-state index contributed by atoms with van der Waals surface area (Å²) in [6, 6.07) is 4.65. The van der Waals surface area contributed by atoms with Crippen LogP contribution in [0.5, 0.6) is 11.5 Å². The van der Waals surface area contributed by atoms with Crippen LogP contribution in [0.25, 0.3) is 0 Å². The number of phenolic OH excluding ortho intramolecular Hbond substituents is 1. The number of Topliss-reactive ketones (excluding diaryl/α,β-unsaturated/α-hetero) is 1. The number of ether oxygens (including phenoxy) is 4. The Hall–Kier alpha value is -3.33. The molecular weight excluding hydrogens is 454 g/mol. The Bertz CT molecular complexity index is 1070. The lowest BCUT2D eigenvalue weighted by molar-refractivity contribution is -0.151. The number of hydrogen-bond acceptors (Lipinski definition) is 9. The number of methoxy groups -OCH3 is 2. The van der Waals surface area contributed by atoms with Crippen molar-refractivity contribution in [2.24, 2.45) is 11.8 Å². The molecule has 3 rings (SSSR count). The van der Waals surface area contributed by atoms with Gasteiger partial charge in [-0.05, 0) is 50.8 Å². The lowest BCUT2D eigenvalue weighted by Gasteiger charge is -2.38. The average molecular weight is 488 g/mol. The van der Waals surface area contributed by atoms with Crippen LogP contribution in [-0.4, -0.2) is 56.4 Å². The first kappa shape index (κ1) is 26.3. The molecule has 0 saturated heterocycles. The van der Waals surface area contributed by atoms with E-state index in [-0.39, 0.29) is 42.3 Å². The molecule has 190 valence electrons. The molecule has 1 heterocycles. The molecule has 1 aromatic rings. The molecule has 1 aromatic carbocycles. The number of ketones is 1. The summed E-state index contributed by atoms with van der Waals surface area (Å²) in [5, 5.41) is 13.3. The molecule has 0 spiro atoms. The van der Waals surface area contributed by atoms with Gasteiger partial charge in [0.25, 0.3) is 0 Å². The fraction of sp³-hybridized carbons (Fsp3) is 0.500. The number of allylic oxidation sites excluding steroid dienone is 3. The van der Waals surface area contributed by atoms with Gasteiger partial charge < -0.3 is 29.4 Å². The van der Waals surface area contributed by atoms with Crippen LogP contribution in [0.2, 0.25) is 0 Å². The van der Waals surface area contributed by atoms with Crippen LogP contribution in [0, 0.1) is 11.8 Å². The molecule has 0 saturated carbocycles. The van der Waals surface area contributed by atoms with E-state index in [1.807, 2.05) is 20.8 Å². The summed E-state index contributed by atoms with van der Waals surface area (Å²) in [4.78, 5) is 39.5. The van der Waals surface area contributed by atoms with Crippen LogP contribution in [0.4, 0.5) is 0 Å². The molecule has 9 heteroatoms. The quantitative estimate of drug-likeness (QED) is 0.324. The van der Waals surface area contributed by atoms with E-state index in [0.29, 0.717) is 29.0 Å². The van der Waals surface area contributed by atoms with Crippen molar-refractivity contribution in [3.05, 3.63) is 46.3 Å². The van der Waals surface area contributed by atoms with Crippen molar-refractivity contribution in [3.63, 3.8) is 0 Å². The maximum absolute atomic E-state index is 13.7. The van der Waals surface area contributed by atoms with Gasteiger partial charge in [-0.3, -0.25) is 9.59 Å². The number of hydrogen-bond donors (Lipinski definition) is 2. The molecule has 0 amide bonds. The van der Waals surface area contributed by atoms with E-state index in [1.54, 1.807) is 19.1 Å². The summed E-state index contributed by atoms with van der Waals surface area (Å²) < 4.78 is 21.1. The highest BCUT2D eigenvalue weighted by Gasteiger charge is 2.47. The maximum Gasteiger partial charge on any atom is 0.336 e. The number of nitrogens with one attached hydrogen (secondary N) is 1.